The molecule has 5 nitrogen and oxygen atoms in total. The summed E-state index contributed by atoms with van der Waals surface area (Å²) in [5, 5.41) is 2.96. The van der Waals surface area contributed by atoms with Crippen LogP contribution in [0.15, 0.2) is 59.5 Å². The van der Waals surface area contributed by atoms with Gasteiger partial charge in [-0.25, -0.2) is 8.42 Å². The first kappa shape index (κ1) is 22.6. The molecular formula is C25H28N2O3S. The van der Waals surface area contributed by atoms with Crippen molar-refractivity contribution in [3.63, 3.8) is 0 Å². The normalized spacial score (nSPS) is 11.3. The summed E-state index contributed by atoms with van der Waals surface area (Å²) >= 11 is 0. The van der Waals surface area contributed by atoms with Crippen LogP contribution in [-0.4, -0.2) is 14.3 Å². The van der Waals surface area contributed by atoms with Gasteiger partial charge >= 0.3 is 0 Å². The smallest absolute Gasteiger partial charge is 0.262 e. The number of carbonyl (C=O) groups is 1. The van der Waals surface area contributed by atoms with Crippen molar-refractivity contribution in [1.82, 2.24) is 0 Å². The average Bonchev–Trinajstić information content (AvgIpc) is 2.72. The Kier molecular flexibility index (Phi) is 6.51. The molecule has 0 aliphatic rings. The van der Waals surface area contributed by atoms with Gasteiger partial charge in [0.1, 0.15) is 0 Å². The van der Waals surface area contributed by atoms with Gasteiger partial charge < -0.3 is 5.32 Å². The predicted molar refractivity (Wildman–Crippen MR) is 126 cm³/mol. The van der Waals surface area contributed by atoms with E-state index in [-0.39, 0.29) is 16.4 Å². The number of sulfonamides is 1. The van der Waals surface area contributed by atoms with E-state index in [0.717, 1.165) is 34.4 Å². The van der Waals surface area contributed by atoms with Crippen molar-refractivity contribution in [2.45, 2.75) is 45.9 Å². The number of carbonyl (C=O) groups excluding carboxylic acids is 1. The van der Waals surface area contributed by atoms with Gasteiger partial charge in [0.2, 0.25) is 0 Å². The number of anilines is 2. The Bertz CT molecular complexity index is 1250. The van der Waals surface area contributed by atoms with Gasteiger partial charge in [-0.3, -0.25) is 9.52 Å². The highest BCUT2D eigenvalue weighted by Crippen LogP contribution is 2.26. The van der Waals surface area contributed by atoms with Crippen LogP contribution in [0.3, 0.4) is 0 Å². The quantitative estimate of drug-likeness (QED) is 0.533. The summed E-state index contributed by atoms with van der Waals surface area (Å²) in [7, 11) is -3.86. The molecule has 0 bridgehead atoms. The minimum Gasteiger partial charge on any atom is -0.321 e. The molecule has 0 aliphatic heterocycles. The van der Waals surface area contributed by atoms with Crippen LogP contribution in [-0.2, 0) is 16.4 Å². The van der Waals surface area contributed by atoms with E-state index in [2.05, 4.69) is 10.0 Å². The Morgan fingerprint density at radius 1 is 0.871 bits per heavy atom. The summed E-state index contributed by atoms with van der Waals surface area (Å²) in [4.78, 5) is 13.0. The van der Waals surface area contributed by atoms with Crippen molar-refractivity contribution in [3.8, 4) is 0 Å². The summed E-state index contributed by atoms with van der Waals surface area (Å²) < 4.78 is 28.9. The van der Waals surface area contributed by atoms with E-state index in [1.165, 1.54) is 6.07 Å². The number of para-hydroxylation sites is 1. The number of aryl methyl sites for hydroxylation is 4. The van der Waals surface area contributed by atoms with Crippen LogP contribution in [0.4, 0.5) is 11.4 Å². The molecule has 3 aromatic rings. The van der Waals surface area contributed by atoms with E-state index in [1.54, 1.807) is 25.1 Å². The monoisotopic (exact) mass is 436 g/mol. The third-order valence-electron chi connectivity index (χ3n) is 5.57. The minimum atomic E-state index is -3.86. The molecule has 0 unspecified atom stereocenters. The van der Waals surface area contributed by atoms with Crippen molar-refractivity contribution in [3.05, 3.63) is 88.0 Å². The second-order valence-corrected chi connectivity index (χ2v) is 9.40. The lowest BCUT2D eigenvalue weighted by molar-refractivity contribution is 0.102. The lowest BCUT2D eigenvalue weighted by Crippen LogP contribution is -2.18. The van der Waals surface area contributed by atoms with Crippen molar-refractivity contribution in [1.29, 1.82) is 0 Å². The van der Waals surface area contributed by atoms with Gasteiger partial charge in [-0.2, -0.15) is 0 Å². The number of hydrogen-bond acceptors (Lipinski definition) is 3. The van der Waals surface area contributed by atoms with Crippen LogP contribution in [0.2, 0.25) is 0 Å². The lowest BCUT2D eigenvalue weighted by atomic mass is 10.1. The van der Waals surface area contributed by atoms with Crippen LogP contribution >= 0.6 is 0 Å². The fraction of sp³-hybridized carbons (Fsp3) is 0.240. The van der Waals surface area contributed by atoms with Crippen LogP contribution in [0.25, 0.3) is 0 Å². The van der Waals surface area contributed by atoms with E-state index >= 15 is 0 Å². The number of nitrogens with one attached hydrogen (secondary N) is 2. The highest BCUT2D eigenvalue weighted by Gasteiger charge is 2.21. The second kappa shape index (κ2) is 8.94. The Morgan fingerprint density at radius 3 is 2.26 bits per heavy atom. The van der Waals surface area contributed by atoms with Crippen LogP contribution in [0.1, 0.15) is 45.1 Å². The van der Waals surface area contributed by atoms with Crippen LogP contribution in [0, 0.1) is 27.7 Å². The van der Waals surface area contributed by atoms with E-state index in [4.69, 9.17) is 0 Å². The molecule has 0 radical (unpaired) electrons. The topological polar surface area (TPSA) is 75.3 Å². The molecule has 1 amide bonds. The summed E-state index contributed by atoms with van der Waals surface area (Å²) in [5.41, 5.74) is 6.01. The molecule has 6 heteroatoms. The molecule has 2 N–H and O–H groups in total. The zero-order chi connectivity index (χ0) is 22.8. The molecule has 0 atom stereocenters. The molecule has 3 rings (SSSR count). The fourth-order valence-corrected chi connectivity index (χ4v) is 4.87. The minimum absolute atomic E-state index is 0.0848. The highest BCUT2D eigenvalue weighted by atomic mass is 32.2. The van der Waals surface area contributed by atoms with E-state index in [1.807, 2.05) is 58.0 Å². The Morgan fingerprint density at radius 2 is 1.55 bits per heavy atom. The maximum absolute atomic E-state index is 13.1. The highest BCUT2D eigenvalue weighted by molar-refractivity contribution is 7.92. The van der Waals surface area contributed by atoms with Crippen molar-refractivity contribution >= 4 is 27.3 Å². The van der Waals surface area contributed by atoms with E-state index < -0.39 is 10.0 Å². The average molecular weight is 437 g/mol. The standard InChI is InChI=1S/C25H28N2O3S/c1-6-20-11-7-10-18(4)24(20)26-25(28)21-14-13-17(3)23(15-21)31(29,30)27-22-12-8-9-16(2)19(22)5/h7-15,27H,6H2,1-5H3,(H,26,28). The Balaban J connectivity index is 1.95. The molecule has 3 aromatic carbocycles. The number of benzene rings is 3. The molecular weight excluding hydrogens is 408 g/mol. The van der Waals surface area contributed by atoms with Gasteiger partial charge in [0.15, 0.2) is 0 Å². The molecule has 0 saturated heterocycles. The molecule has 0 saturated carbocycles. The third-order valence-corrected chi connectivity index (χ3v) is 7.07. The van der Waals surface area contributed by atoms with Gasteiger partial charge in [-0.1, -0.05) is 43.3 Å². The lowest BCUT2D eigenvalue weighted by Gasteiger charge is -2.16. The first-order valence-electron chi connectivity index (χ1n) is 10.2. The number of amides is 1. The molecule has 0 spiro atoms. The summed E-state index contributed by atoms with van der Waals surface area (Å²) in [6.07, 6.45) is 0.782. The molecule has 0 aliphatic carbocycles. The summed E-state index contributed by atoms with van der Waals surface area (Å²) in [6.45, 7) is 9.49. The van der Waals surface area contributed by atoms with Gasteiger partial charge in [0.25, 0.3) is 15.9 Å². The van der Waals surface area contributed by atoms with E-state index in [0.29, 0.717) is 11.3 Å². The van der Waals surface area contributed by atoms with Crippen molar-refractivity contribution in [2.75, 3.05) is 10.0 Å². The molecule has 0 heterocycles. The molecule has 0 aromatic heterocycles. The predicted octanol–water partition coefficient (Wildman–Crippen LogP) is 5.54. The summed E-state index contributed by atoms with van der Waals surface area (Å²) in [5.74, 6) is -0.341. The third kappa shape index (κ3) is 4.80. The van der Waals surface area contributed by atoms with Crippen molar-refractivity contribution < 1.29 is 13.2 Å². The first-order valence-corrected chi connectivity index (χ1v) is 11.7. The molecule has 31 heavy (non-hydrogen) atoms. The number of hydrogen-bond donors (Lipinski definition) is 2. The maximum atomic E-state index is 13.1. The van der Waals surface area contributed by atoms with Gasteiger partial charge in [-0.15, -0.1) is 0 Å². The number of rotatable bonds is 6. The van der Waals surface area contributed by atoms with Gasteiger partial charge in [0.05, 0.1) is 10.6 Å². The Hall–Kier alpha value is -3.12. The fourth-order valence-electron chi connectivity index (χ4n) is 3.48. The van der Waals surface area contributed by atoms with Gasteiger partial charge in [-0.05, 0) is 80.1 Å². The van der Waals surface area contributed by atoms with Crippen LogP contribution in [0.5, 0.6) is 0 Å². The largest absolute Gasteiger partial charge is 0.321 e. The maximum Gasteiger partial charge on any atom is 0.262 e. The summed E-state index contributed by atoms with van der Waals surface area (Å²) in [6, 6.07) is 16.1. The Labute approximate surface area is 184 Å². The second-order valence-electron chi connectivity index (χ2n) is 7.75. The first-order chi connectivity index (χ1) is 14.6. The van der Waals surface area contributed by atoms with Gasteiger partial charge in [0, 0.05) is 11.3 Å². The van der Waals surface area contributed by atoms with E-state index in [9.17, 15) is 13.2 Å². The van der Waals surface area contributed by atoms with Crippen LogP contribution < -0.4 is 10.0 Å². The molecule has 0 fully saturated rings. The zero-order valence-electron chi connectivity index (χ0n) is 18.5. The molecule has 162 valence electrons. The SMILES string of the molecule is CCc1cccc(C)c1NC(=O)c1ccc(C)c(S(=O)(=O)Nc2cccc(C)c2C)c1. The van der Waals surface area contributed by atoms with Crippen molar-refractivity contribution in [2.24, 2.45) is 0 Å². The zero-order valence-corrected chi connectivity index (χ0v) is 19.4.